The van der Waals surface area contributed by atoms with Crippen LogP contribution in [0.4, 0.5) is 0 Å². The van der Waals surface area contributed by atoms with E-state index in [-0.39, 0.29) is 34.4 Å². The molecule has 154 valence electrons. The summed E-state index contributed by atoms with van der Waals surface area (Å²) in [4.78, 5) is 13.1. The summed E-state index contributed by atoms with van der Waals surface area (Å²) >= 11 is 0. The van der Waals surface area contributed by atoms with Gasteiger partial charge in [0.1, 0.15) is 11.5 Å². The third-order valence-electron chi connectivity index (χ3n) is 4.63. The monoisotopic (exact) mass is 408 g/mol. The number of benzene rings is 2. The number of ether oxygens (including phenoxy) is 2. The SMILES string of the molecule is CCCCOc1ccc(PC(=O)c2c(C)cc(C)cc2C)c(OCCCC)c1.[H-].[Li+]. The standard InChI is InChI=1S/C24H33O3P.Li.H/c1-6-8-12-26-20-10-11-22(21(16-20)27-13-9-7-2)28-24(25)23-18(4)14-17(3)15-19(23)5;;/h10-11,14-16,28H,6-9,12-13H2,1-5H3;;/q;+1;-1. The fraction of sp³-hybridized carbons (Fsp3) is 0.458. The molecule has 0 heterocycles. The second-order valence-electron chi connectivity index (χ2n) is 7.29. The van der Waals surface area contributed by atoms with E-state index in [1.165, 1.54) is 5.56 Å². The van der Waals surface area contributed by atoms with Crippen molar-refractivity contribution in [2.24, 2.45) is 0 Å². The zero-order valence-electron chi connectivity index (χ0n) is 19.9. The van der Waals surface area contributed by atoms with Crippen molar-refractivity contribution in [2.75, 3.05) is 13.2 Å². The zero-order valence-corrected chi connectivity index (χ0v) is 19.9. The Kier molecular flexibility index (Phi) is 11.7. The van der Waals surface area contributed by atoms with Crippen LogP contribution in [0.5, 0.6) is 11.5 Å². The van der Waals surface area contributed by atoms with Gasteiger partial charge in [0.05, 0.1) is 13.2 Å². The molecule has 0 spiro atoms. The van der Waals surface area contributed by atoms with Gasteiger partial charge in [0.2, 0.25) is 0 Å². The molecule has 1 atom stereocenters. The van der Waals surface area contributed by atoms with Crippen LogP contribution in [0.1, 0.15) is 68.0 Å². The van der Waals surface area contributed by atoms with Crippen LogP contribution in [0, 0.1) is 20.8 Å². The third-order valence-corrected chi connectivity index (χ3v) is 5.79. The minimum Gasteiger partial charge on any atom is -1.00 e. The number of hydrogen-bond acceptors (Lipinski definition) is 3. The summed E-state index contributed by atoms with van der Waals surface area (Å²) in [5, 5.41) is 0.948. The van der Waals surface area contributed by atoms with Crippen molar-refractivity contribution in [3.8, 4) is 11.5 Å². The average molecular weight is 408 g/mol. The van der Waals surface area contributed by atoms with E-state index in [1.807, 2.05) is 32.0 Å². The minimum atomic E-state index is 0. The molecule has 0 aliphatic heterocycles. The molecule has 0 amide bonds. The molecule has 0 aromatic heterocycles. The van der Waals surface area contributed by atoms with Crippen molar-refractivity contribution in [2.45, 2.75) is 60.3 Å². The van der Waals surface area contributed by atoms with Crippen LogP contribution in [-0.4, -0.2) is 18.7 Å². The molecule has 5 heteroatoms. The minimum absolute atomic E-state index is 0. The second-order valence-corrected chi connectivity index (χ2v) is 8.53. The molecule has 2 aromatic rings. The van der Waals surface area contributed by atoms with Crippen molar-refractivity contribution in [3.63, 3.8) is 0 Å². The third kappa shape index (κ3) is 7.82. The van der Waals surface area contributed by atoms with Gasteiger partial charge in [-0.05, 0) is 65.5 Å². The molecule has 0 saturated carbocycles. The van der Waals surface area contributed by atoms with E-state index in [0.29, 0.717) is 13.2 Å². The molecule has 1 unspecified atom stereocenters. The first-order chi connectivity index (χ1) is 13.5. The molecule has 0 radical (unpaired) electrons. The molecule has 3 nitrogen and oxygen atoms in total. The molecule has 0 bridgehead atoms. The number of carbonyl (C=O) groups excluding carboxylic acids is 1. The summed E-state index contributed by atoms with van der Waals surface area (Å²) in [5.41, 5.74) is 4.28. The predicted octanol–water partition coefficient (Wildman–Crippen LogP) is 3.23. The summed E-state index contributed by atoms with van der Waals surface area (Å²) in [7, 11) is 0.0353. The first-order valence-electron chi connectivity index (χ1n) is 10.2. The van der Waals surface area contributed by atoms with E-state index in [0.717, 1.165) is 59.2 Å². The molecule has 2 aromatic carbocycles. The van der Waals surface area contributed by atoms with E-state index in [4.69, 9.17) is 9.47 Å². The van der Waals surface area contributed by atoms with Crippen LogP contribution in [0.3, 0.4) is 0 Å². The number of unbranched alkanes of at least 4 members (excludes halogenated alkanes) is 2. The largest absolute Gasteiger partial charge is 1.00 e. The van der Waals surface area contributed by atoms with Crippen LogP contribution in [0.2, 0.25) is 0 Å². The van der Waals surface area contributed by atoms with Gasteiger partial charge < -0.3 is 10.9 Å². The topological polar surface area (TPSA) is 35.5 Å². The molecule has 0 saturated heterocycles. The normalized spacial score (nSPS) is 10.8. The van der Waals surface area contributed by atoms with E-state index in [9.17, 15) is 4.79 Å². The van der Waals surface area contributed by atoms with E-state index < -0.39 is 0 Å². The number of rotatable bonds is 11. The van der Waals surface area contributed by atoms with Crippen molar-refractivity contribution < 1.29 is 34.6 Å². The summed E-state index contributed by atoms with van der Waals surface area (Å²) in [5.74, 6) is 1.58. The van der Waals surface area contributed by atoms with Crippen LogP contribution in [-0.2, 0) is 0 Å². The van der Waals surface area contributed by atoms with E-state index in [1.54, 1.807) is 0 Å². The van der Waals surface area contributed by atoms with Gasteiger partial charge in [0.25, 0.3) is 0 Å². The molecular weight excluding hydrogens is 374 g/mol. The van der Waals surface area contributed by atoms with Gasteiger partial charge in [-0.2, -0.15) is 0 Å². The Morgan fingerprint density at radius 2 is 1.52 bits per heavy atom. The van der Waals surface area contributed by atoms with E-state index in [2.05, 4.69) is 32.9 Å². The van der Waals surface area contributed by atoms with Crippen LogP contribution >= 0.6 is 8.58 Å². The number of aryl methyl sites for hydroxylation is 3. The first-order valence-corrected chi connectivity index (χ1v) is 11.2. The Morgan fingerprint density at radius 3 is 2.10 bits per heavy atom. The average Bonchev–Trinajstić information content (AvgIpc) is 2.63. The zero-order chi connectivity index (χ0) is 20.5. The Balaban J connectivity index is 0.00000420. The second kappa shape index (κ2) is 13.1. The van der Waals surface area contributed by atoms with Gasteiger partial charge in [-0.3, -0.25) is 4.79 Å². The smallest absolute Gasteiger partial charge is 1.00 e. The maximum absolute atomic E-state index is 13.1. The molecule has 2 rings (SSSR count). The number of carbonyl (C=O) groups is 1. The van der Waals surface area contributed by atoms with Crippen molar-refractivity contribution >= 4 is 19.4 Å². The predicted molar refractivity (Wildman–Crippen MR) is 121 cm³/mol. The van der Waals surface area contributed by atoms with Gasteiger partial charge in [-0.1, -0.05) is 44.4 Å². The van der Waals surface area contributed by atoms with Gasteiger partial charge in [-0.15, -0.1) is 0 Å². The molecule has 0 aliphatic rings. The van der Waals surface area contributed by atoms with E-state index >= 15 is 0 Å². The first kappa shape index (κ1) is 25.8. The maximum Gasteiger partial charge on any atom is 1.00 e. The van der Waals surface area contributed by atoms with Crippen molar-refractivity contribution in [1.82, 2.24) is 0 Å². The molecule has 0 aliphatic carbocycles. The summed E-state index contributed by atoms with van der Waals surface area (Å²) in [6, 6.07) is 10.0. The van der Waals surface area contributed by atoms with Crippen molar-refractivity contribution in [3.05, 3.63) is 52.6 Å². The quantitative estimate of drug-likeness (QED) is 0.325. The summed E-state index contributed by atoms with van der Waals surface area (Å²) in [6.45, 7) is 11.7. The van der Waals surface area contributed by atoms with Crippen LogP contribution < -0.4 is 33.6 Å². The molecular formula is C24H34LiO3P. The van der Waals surface area contributed by atoms with Gasteiger partial charge in [0, 0.05) is 16.9 Å². The Hall–Kier alpha value is -1.26. The van der Waals surface area contributed by atoms with Gasteiger partial charge >= 0.3 is 18.9 Å². The van der Waals surface area contributed by atoms with Crippen LogP contribution in [0.15, 0.2) is 30.3 Å². The Bertz CT molecular complexity index is 788. The van der Waals surface area contributed by atoms with Gasteiger partial charge in [-0.25, -0.2) is 0 Å². The van der Waals surface area contributed by atoms with Gasteiger partial charge in [0.15, 0.2) is 5.52 Å². The number of hydrogen-bond donors (Lipinski definition) is 0. The maximum atomic E-state index is 13.1. The molecule has 0 N–H and O–H groups in total. The fourth-order valence-electron chi connectivity index (χ4n) is 3.20. The Morgan fingerprint density at radius 1 is 0.931 bits per heavy atom. The summed E-state index contributed by atoms with van der Waals surface area (Å²) < 4.78 is 11.8. The van der Waals surface area contributed by atoms with Crippen LogP contribution in [0.25, 0.3) is 0 Å². The molecule has 29 heavy (non-hydrogen) atoms. The van der Waals surface area contributed by atoms with Crippen molar-refractivity contribution in [1.29, 1.82) is 0 Å². The molecule has 0 fully saturated rings. The fourth-order valence-corrected chi connectivity index (χ4v) is 4.40. The Labute approximate surface area is 191 Å². The summed E-state index contributed by atoms with van der Waals surface area (Å²) in [6.07, 6.45) is 4.20.